The van der Waals surface area contributed by atoms with Crippen molar-refractivity contribution < 1.29 is 9.59 Å². The van der Waals surface area contributed by atoms with Gasteiger partial charge < -0.3 is 4.90 Å². The number of rotatable bonds is 0. The molecule has 14 heavy (non-hydrogen) atoms. The molecule has 0 aliphatic carbocycles. The highest BCUT2D eigenvalue weighted by atomic mass is 16.2. The Kier molecular flexibility index (Phi) is 2.31. The lowest BCUT2D eigenvalue weighted by Crippen LogP contribution is -2.49. The number of nitrogens with zero attached hydrogens (tertiary/aromatic N) is 1. The van der Waals surface area contributed by atoms with Crippen molar-refractivity contribution in [2.75, 3.05) is 20.1 Å². The topological polar surface area (TPSA) is 49.4 Å². The van der Waals surface area contributed by atoms with Crippen LogP contribution in [0.1, 0.15) is 25.7 Å². The highest BCUT2D eigenvalue weighted by molar-refractivity contribution is 5.98. The van der Waals surface area contributed by atoms with Crippen LogP contribution in [0.5, 0.6) is 0 Å². The maximum Gasteiger partial charge on any atom is 0.227 e. The van der Waals surface area contributed by atoms with Gasteiger partial charge in [0.05, 0.1) is 0 Å². The van der Waals surface area contributed by atoms with Crippen molar-refractivity contribution in [3.8, 4) is 0 Å². The van der Waals surface area contributed by atoms with E-state index in [1.165, 1.54) is 0 Å². The van der Waals surface area contributed by atoms with Crippen LogP contribution >= 0.6 is 0 Å². The van der Waals surface area contributed by atoms with Gasteiger partial charge in [0.15, 0.2) is 0 Å². The van der Waals surface area contributed by atoms with Crippen molar-refractivity contribution in [3.05, 3.63) is 0 Å². The van der Waals surface area contributed by atoms with E-state index in [2.05, 4.69) is 17.3 Å². The molecule has 1 N–H and O–H groups in total. The molecule has 4 nitrogen and oxygen atoms in total. The second-order valence-electron chi connectivity index (χ2n) is 4.63. The van der Waals surface area contributed by atoms with E-state index >= 15 is 0 Å². The Balaban J connectivity index is 2.07. The second-order valence-corrected chi connectivity index (χ2v) is 4.63. The summed E-state index contributed by atoms with van der Waals surface area (Å²) in [6.07, 6.45) is 3.02. The van der Waals surface area contributed by atoms with Crippen LogP contribution in [0.25, 0.3) is 0 Å². The van der Waals surface area contributed by atoms with E-state index in [-0.39, 0.29) is 17.2 Å². The Morgan fingerprint density at radius 1 is 1.14 bits per heavy atom. The quantitative estimate of drug-likeness (QED) is 0.560. The first-order valence-corrected chi connectivity index (χ1v) is 5.11. The van der Waals surface area contributed by atoms with E-state index < -0.39 is 0 Å². The van der Waals surface area contributed by atoms with Crippen LogP contribution < -0.4 is 5.32 Å². The van der Waals surface area contributed by atoms with Crippen molar-refractivity contribution in [2.45, 2.75) is 25.7 Å². The summed E-state index contributed by atoms with van der Waals surface area (Å²) in [7, 11) is 2.08. The molecule has 1 spiro atoms. The number of imide groups is 1. The zero-order valence-electron chi connectivity index (χ0n) is 8.51. The smallest absolute Gasteiger partial charge is 0.227 e. The SMILES string of the molecule is CN1CCC2(CC1)CC(=O)NC(=O)C2. The normalized spacial score (nSPS) is 27.8. The summed E-state index contributed by atoms with van der Waals surface area (Å²) < 4.78 is 0. The fraction of sp³-hybridized carbons (Fsp3) is 0.800. The molecule has 2 amide bonds. The summed E-state index contributed by atoms with van der Waals surface area (Å²) in [6.45, 7) is 2.00. The fourth-order valence-electron chi connectivity index (χ4n) is 2.43. The minimum atomic E-state index is -0.0918. The Morgan fingerprint density at radius 2 is 1.64 bits per heavy atom. The number of carbonyl (C=O) groups is 2. The largest absolute Gasteiger partial charge is 0.306 e. The molecule has 0 aromatic rings. The van der Waals surface area contributed by atoms with Gasteiger partial charge in [-0.15, -0.1) is 0 Å². The van der Waals surface area contributed by atoms with Crippen molar-refractivity contribution in [1.29, 1.82) is 0 Å². The Hall–Kier alpha value is -0.900. The predicted molar refractivity (Wildman–Crippen MR) is 51.5 cm³/mol. The zero-order chi connectivity index (χ0) is 10.2. The van der Waals surface area contributed by atoms with E-state index in [0.29, 0.717) is 12.8 Å². The molecule has 78 valence electrons. The van der Waals surface area contributed by atoms with Gasteiger partial charge >= 0.3 is 0 Å². The summed E-state index contributed by atoms with van der Waals surface area (Å²) in [4.78, 5) is 24.8. The first kappa shape index (κ1) is 9.65. The van der Waals surface area contributed by atoms with Crippen molar-refractivity contribution in [3.63, 3.8) is 0 Å². The average molecular weight is 196 g/mol. The minimum absolute atomic E-state index is 0.0219. The number of hydrogen-bond donors (Lipinski definition) is 1. The lowest BCUT2D eigenvalue weighted by Gasteiger charge is -2.41. The summed E-state index contributed by atoms with van der Waals surface area (Å²) in [5.41, 5.74) is -0.0219. The third-order valence-corrected chi connectivity index (χ3v) is 3.40. The first-order chi connectivity index (χ1) is 6.60. The van der Waals surface area contributed by atoms with Crippen molar-refractivity contribution in [1.82, 2.24) is 10.2 Å². The second kappa shape index (κ2) is 3.35. The molecule has 0 unspecified atom stereocenters. The number of carbonyl (C=O) groups excluding carboxylic acids is 2. The van der Waals surface area contributed by atoms with E-state index in [1.807, 2.05) is 0 Å². The molecule has 0 aromatic heterocycles. The lowest BCUT2D eigenvalue weighted by atomic mass is 9.71. The molecule has 2 aliphatic heterocycles. The van der Waals surface area contributed by atoms with Crippen LogP contribution in [0.4, 0.5) is 0 Å². The highest BCUT2D eigenvalue weighted by Crippen LogP contribution is 2.39. The van der Waals surface area contributed by atoms with Crippen molar-refractivity contribution >= 4 is 11.8 Å². The van der Waals surface area contributed by atoms with Crippen LogP contribution in [-0.4, -0.2) is 36.9 Å². The molecule has 0 aromatic carbocycles. The number of nitrogens with one attached hydrogen (secondary N) is 1. The van der Waals surface area contributed by atoms with Crippen LogP contribution in [0.3, 0.4) is 0 Å². The van der Waals surface area contributed by atoms with E-state index in [9.17, 15) is 9.59 Å². The monoisotopic (exact) mass is 196 g/mol. The van der Waals surface area contributed by atoms with Gasteiger partial charge in [-0.05, 0) is 38.4 Å². The first-order valence-electron chi connectivity index (χ1n) is 5.11. The highest BCUT2D eigenvalue weighted by Gasteiger charge is 2.41. The van der Waals surface area contributed by atoms with Crippen LogP contribution in [0.2, 0.25) is 0 Å². The fourth-order valence-corrected chi connectivity index (χ4v) is 2.43. The molecular formula is C10H16N2O2. The Morgan fingerprint density at radius 3 is 2.14 bits per heavy atom. The summed E-state index contributed by atoms with van der Waals surface area (Å²) in [5, 5.41) is 2.37. The van der Waals surface area contributed by atoms with Gasteiger partial charge in [-0.2, -0.15) is 0 Å². The van der Waals surface area contributed by atoms with Gasteiger partial charge in [0.1, 0.15) is 0 Å². The standard InChI is InChI=1S/C10H16N2O2/c1-12-4-2-10(3-5-12)6-8(13)11-9(14)7-10/h2-7H2,1H3,(H,11,13,14). The Labute approximate surface area is 83.6 Å². The lowest BCUT2D eigenvalue weighted by molar-refractivity contribution is -0.139. The van der Waals surface area contributed by atoms with Crippen molar-refractivity contribution in [2.24, 2.45) is 5.41 Å². The molecule has 2 saturated heterocycles. The minimum Gasteiger partial charge on any atom is -0.306 e. The van der Waals surface area contributed by atoms with Gasteiger partial charge in [-0.1, -0.05) is 0 Å². The molecular weight excluding hydrogens is 180 g/mol. The molecule has 0 radical (unpaired) electrons. The molecule has 4 heteroatoms. The van der Waals surface area contributed by atoms with Crippen LogP contribution in [0.15, 0.2) is 0 Å². The molecule has 2 heterocycles. The van der Waals surface area contributed by atoms with Gasteiger partial charge in [0, 0.05) is 12.8 Å². The molecule has 2 fully saturated rings. The summed E-state index contributed by atoms with van der Waals surface area (Å²) >= 11 is 0. The number of piperidine rings is 2. The summed E-state index contributed by atoms with van der Waals surface area (Å²) in [5.74, 6) is -0.184. The predicted octanol–water partition coefficient (Wildman–Crippen LogP) is 0.135. The average Bonchev–Trinajstić information content (AvgIpc) is 2.09. The maximum absolute atomic E-state index is 11.3. The summed E-state index contributed by atoms with van der Waals surface area (Å²) in [6, 6.07) is 0. The van der Waals surface area contributed by atoms with Gasteiger partial charge in [0.2, 0.25) is 11.8 Å². The molecule has 0 atom stereocenters. The van der Waals surface area contributed by atoms with Crippen LogP contribution in [-0.2, 0) is 9.59 Å². The van der Waals surface area contributed by atoms with Crippen LogP contribution in [0, 0.1) is 5.41 Å². The zero-order valence-corrected chi connectivity index (χ0v) is 8.51. The Bertz CT molecular complexity index is 249. The van der Waals surface area contributed by atoms with Gasteiger partial charge in [-0.3, -0.25) is 14.9 Å². The number of hydrogen-bond acceptors (Lipinski definition) is 3. The van der Waals surface area contributed by atoms with E-state index in [1.54, 1.807) is 0 Å². The van der Waals surface area contributed by atoms with Gasteiger partial charge in [0.25, 0.3) is 0 Å². The number of likely N-dealkylation sites (tertiary alicyclic amines) is 1. The molecule has 0 saturated carbocycles. The van der Waals surface area contributed by atoms with Gasteiger partial charge in [-0.25, -0.2) is 0 Å². The molecule has 2 rings (SSSR count). The van der Waals surface area contributed by atoms with E-state index in [4.69, 9.17) is 0 Å². The maximum atomic E-state index is 11.3. The third-order valence-electron chi connectivity index (χ3n) is 3.40. The molecule has 2 aliphatic rings. The van der Waals surface area contributed by atoms with E-state index in [0.717, 1.165) is 25.9 Å². The molecule has 0 bridgehead atoms. The third kappa shape index (κ3) is 1.80. The number of amides is 2.